The Bertz CT molecular complexity index is 296. The van der Waals surface area contributed by atoms with Crippen molar-refractivity contribution in [1.29, 1.82) is 0 Å². The largest absolute Gasteiger partial charge is 0.316 e. The Morgan fingerprint density at radius 1 is 1.25 bits per heavy atom. The summed E-state index contributed by atoms with van der Waals surface area (Å²) < 4.78 is 0.888. The van der Waals surface area contributed by atoms with Crippen LogP contribution < -0.4 is 5.32 Å². The van der Waals surface area contributed by atoms with Gasteiger partial charge < -0.3 is 5.32 Å². The number of nitrogens with one attached hydrogen (secondary N) is 1. The summed E-state index contributed by atoms with van der Waals surface area (Å²) in [7, 11) is 0. The van der Waals surface area contributed by atoms with Gasteiger partial charge in [-0.05, 0) is 50.9 Å². The molecule has 0 spiro atoms. The van der Waals surface area contributed by atoms with Crippen molar-refractivity contribution in [3.05, 3.63) is 34.0 Å². The van der Waals surface area contributed by atoms with E-state index in [1.54, 1.807) is 11.3 Å². The zero-order valence-corrected chi connectivity index (χ0v) is 11.2. The molecule has 0 unspecified atom stereocenters. The van der Waals surface area contributed by atoms with Crippen molar-refractivity contribution in [2.45, 2.75) is 32.1 Å². The van der Waals surface area contributed by atoms with Gasteiger partial charge in [-0.15, -0.1) is 17.9 Å². The third-order valence-electron chi connectivity index (χ3n) is 2.44. The van der Waals surface area contributed by atoms with Gasteiger partial charge in [0.1, 0.15) is 0 Å². The van der Waals surface area contributed by atoms with Crippen LogP contribution in [0.5, 0.6) is 0 Å². The molecule has 0 aliphatic carbocycles. The first-order valence-electron chi connectivity index (χ1n) is 5.89. The van der Waals surface area contributed by atoms with Crippen molar-refractivity contribution in [2.75, 3.05) is 13.1 Å². The Labute approximate surface area is 108 Å². The monoisotopic (exact) mass is 257 g/mol. The van der Waals surface area contributed by atoms with Gasteiger partial charge in [-0.1, -0.05) is 24.1 Å². The van der Waals surface area contributed by atoms with Crippen molar-refractivity contribution in [3.8, 4) is 0 Å². The van der Waals surface area contributed by atoms with Crippen LogP contribution in [0.25, 0.3) is 0 Å². The molecule has 3 heteroatoms. The van der Waals surface area contributed by atoms with E-state index in [0.29, 0.717) is 0 Å². The highest BCUT2D eigenvalue weighted by Gasteiger charge is 1.97. The first-order chi connectivity index (χ1) is 7.83. The van der Waals surface area contributed by atoms with Gasteiger partial charge in [-0.2, -0.15) is 0 Å². The van der Waals surface area contributed by atoms with Gasteiger partial charge in [0.25, 0.3) is 0 Å². The predicted molar refractivity (Wildman–Crippen MR) is 74.6 cm³/mol. The molecule has 0 fully saturated rings. The Morgan fingerprint density at radius 2 is 2.12 bits per heavy atom. The van der Waals surface area contributed by atoms with Crippen molar-refractivity contribution in [3.63, 3.8) is 0 Å². The van der Waals surface area contributed by atoms with Crippen LogP contribution in [-0.2, 0) is 6.42 Å². The van der Waals surface area contributed by atoms with E-state index in [1.807, 2.05) is 12.1 Å². The first kappa shape index (κ1) is 13.8. The lowest BCUT2D eigenvalue weighted by Crippen LogP contribution is -2.18. The standard InChI is InChI=1S/C13H20ClNS/c1-2-3-4-5-6-10-15-11-9-12-7-8-13(14)16-12/h2,7-8,15H,1,3-6,9-11H2. The molecule has 1 nitrogen and oxygen atoms in total. The summed E-state index contributed by atoms with van der Waals surface area (Å²) in [6.45, 7) is 5.89. The molecular weight excluding hydrogens is 238 g/mol. The molecule has 0 bridgehead atoms. The molecule has 1 rings (SSSR count). The lowest BCUT2D eigenvalue weighted by Gasteiger charge is -2.02. The summed E-state index contributed by atoms with van der Waals surface area (Å²) in [5.41, 5.74) is 0. The predicted octanol–water partition coefficient (Wildman–Crippen LogP) is 4.28. The zero-order valence-electron chi connectivity index (χ0n) is 9.68. The van der Waals surface area contributed by atoms with Crippen LogP contribution in [0.15, 0.2) is 24.8 Å². The van der Waals surface area contributed by atoms with Gasteiger partial charge in [0.2, 0.25) is 0 Å². The summed E-state index contributed by atoms with van der Waals surface area (Å²) in [6, 6.07) is 4.08. The Kier molecular flexibility index (Phi) is 7.56. The highest BCUT2D eigenvalue weighted by Crippen LogP contribution is 2.21. The van der Waals surface area contributed by atoms with E-state index in [-0.39, 0.29) is 0 Å². The average Bonchev–Trinajstić information content (AvgIpc) is 2.68. The molecule has 90 valence electrons. The summed E-state index contributed by atoms with van der Waals surface area (Å²) in [5.74, 6) is 0. The highest BCUT2D eigenvalue weighted by atomic mass is 35.5. The maximum Gasteiger partial charge on any atom is 0.0931 e. The van der Waals surface area contributed by atoms with E-state index >= 15 is 0 Å². The molecule has 1 aromatic heterocycles. The van der Waals surface area contributed by atoms with Crippen LogP contribution in [0.4, 0.5) is 0 Å². The van der Waals surface area contributed by atoms with Crippen LogP contribution in [0.1, 0.15) is 30.6 Å². The number of hydrogen-bond donors (Lipinski definition) is 1. The fraction of sp³-hybridized carbons (Fsp3) is 0.538. The van der Waals surface area contributed by atoms with Gasteiger partial charge in [-0.3, -0.25) is 0 Å². The molecule has 0 saturated heterocycles. The maximum atomic E-state index is 5.86. The summed E-state index contributed by atoms with van der Waals surface area (Å²) >= 11 is 7.54. The molecule has 0 aromatic carbocycles. The van der Waals surface area contributed by atoms with Crippen LogP contribution in [0.3, 0.4) is 0 Å². The molecule has 0 aliphatic heterocycles. The van der Waals surface area contributed by atoms with E-state index in [0.717, 1.165) is 30.3 Å². The second-order valence-electron chi connectivity index (χ2n) is 3.84. The molecule has 0 saturated carbocycles. The van der Waals surface area contributed by atoms with E-state index in [9.17, 15) is 0 Å². The number of rotatable bonds is 9. The minimum atomic E-state index is 0.888. The lowest BCUT2D eigenvalue weighted by atomic mass is 10.2. The van der Waals surface area contributed by atoms with E-state index in [4.69, 9.17) is 11.6 Å². The van der Waals surface area contributed by atoms with E-state index in [2.05, 4.69) is 18.0 Å². The zero-order chi connectivity index (χ0) is 11.6. The fourth-order valence-corrected chi connectivity index (χ4v) is 2.63. The third kappa shape index (κ3) is 6.31. The molecule has 16 heavy (non-hydrogen) atoms. The van der Waals surface area contributed by atoms with Gasteiger partial charge in [0.05, 0.1) is 4.34 Å². The number of allylic oxidation sites excluding steroid dienone is 1. The minimum absolute atomic E-state index is 0.888. The average molecular weight is 258 g/mol. The van der Waals surface area contributed by atoms with Crippen molar-refractivity contribution in [2.24, 2.45) is 0 Å². The van der Waals surface area contributed by atoms with Crippen LogP contribution in [-0.4, -0.2) is 13.1 Å². The quantitative estimate of drug-likeness (QED) is 0.514. The molecule has 1 aromatic rings. The fourth-order valence-electron chi connectivity index (χ4n) is 1.54. The Morgan fingerprint density at radius 3 is 2.81 bits per heavy atom. The Balaban J connectivity index is 1.90. The van der Waals surface area contributed by atoms with Gasteiger partial charge in [0.15, 0.2) is 0 Å². The molecule has 0 amide bonds. The van der Waals surface area contributed by atoms with Gasteiger partial charge in [0, 0.05) is 4.88 Å². The highest BCUT2D eigenvalue weighted by molar-refractivity contribution is 7.16. The van der Waals surface area contributed by atoms with Gasteiger partial charge in [-0.25, -0.2) is 0 Å². The summed E-state index contributed by atoms with van der Waals surface area (Å²) in [4.78, 5) is 1.36. The molecule has 1 heterocycles. The van der Waals surface area contributed by atoms with Crippen LogP contribution in [0, 0.1) is 0 Å². The van der Waals surface area contributed by atoms with Crippen molar-refractivity contribution in [1.82, 2.24) is 5.32 Å². The Hall–Kier alpha value is -0.310. The molecule has 1 N–H and O–H groups in total. The SMILES string of the molecule is C=CCCCCCNCCc1ccc(Cl)s1. The lowest BCUT2D eigenvalue weighted by molar-refractivity contribution is 0.608. The van der Waals surface area contributed by atoms with Crippen molar-refractivity contribution >= 4 is 22.9 Å². The molecule has 0 aliphatic rings. The van der Waals surface area contributed by atoms with E-state index < -0.39 is 0 Å². The number of hydrogen-bond acceptors (Lipinski definition) is 2. The number of thiophene rings is 1. The van der Waals surface area contributed by atoms with E-state index in [1.165, 1.54) is 24.1 Å². The maximum absolute atomic E-state index is 5.86. The number of halogens is 1. The second kappa shape index (κ2) is 8.80. The molecule has 0 atom stereocenters. The number of unbranched alkanes of at least 4 members (excludes halogenated alkanes) is 3. The first-order valence-corrected chi connectivity index (χ1v) is 7.08. The topological polar surface area (TPSA) is 12.0 Å². The molecule has 0 radical (unpaired) electrons. The van der Waals surface area contributed by atoms with Crippen molar-refractivity contribution < 1.29 is 0 Å². The second-order valence-corrected chi connectivity index (χ2v) is 5.64. The third-order valence-corrected chi connectivity index (χ3v) is 3.73. The summed E-state index contributed by atoms with van der Waals surface area (Å²) in [6.07, 6.45) is 8.06. The normalized spacial score (nSPS) is 10.6. The molecular formula is C13H20ClNS. The van der Waals surface area contributed by atoms with Crippen LogP contribution in [0.2, 0.25) is 4.34 Å². The smallest absolute Gasteiger partial charge is 0.0931 e. The minimum Gasteiger partial charge on any atom is -0.316 e. The van der Waals surface area contributed by atoms with Crippen LogP contribution >= 0.6 is 22.9 Å². The van der Waals surface area contributed by atoms with Gasteiger partial charge >= 0.3 is 0 Å². The summed E-state index contributed by atoms with van der Waals surface area (Å²) in [5, 5.41) is 3.46.